The van der Waals surface area contributed by atoms with E-state index in [0.717, 1.165) is 43.5 Å². The van der Waals surface area contributed by atoms with Crippen LogP contribution in [0, 0.1) is 5.92 Å². The average molecular weight is 360 g/mol. The highest BCUT2D eigenvalue weighted by atomic mass is 35.5. The van der Waals surface area contributed by atoms with Crippen molar-refractivity contribution in [2.75, 3.05) is 13.1 Å². The van der Waals surface area contributed by atoms with Crippen molar-refractivity contribution in [3.8, 4) is 11.1 Å². The molecule has 0 spiro atoms. The van der Waals surface area contributed by atoms with Crippen LogP contribution < -0.4 is 0 Å². The molecule has 0 aromatic heterocycles. The normalized spacial score (nSPS) is 25.9. The highest BCUT2D eigenvalue weighted by Gasteiger charge is 2.40. The minimum absolute atomic E-state index is 0.0183. The Kier molecular flexibility index (Phi) is 4.38. The maximum Gasteiger partial charge on any atom is 0.153 e. The van der Waals surface area contributed by atoms with Crippen molar-refractivity contribution in [3.05, 3.63) is 58.1 Å². The summed E-state index contributed by atoms with van der Waals surface area (Å²) in [6.07, 6.45) is 2.81. The third kappa shape index (κ3) is 2.88. The maximum atomic E-state index is 12.7. The Morgan fingerprint density at radius 2 is 1.75 bits per heavy atom. The van der Waals surface area contributed by atoms with Gasteiger partial charge < -0.3 is 0 Å². The second kappa shape index (κ2) is 6.51. The van der Waals surface area contributed by atoms with E-state index in [4.69, 9.17) is 23.2 Å². The molecule has 1 atom stereocenters. The fourth-order valence-electron chi connectivity index (χ4n) is 4.05. The van der Waals surface area contributed by atoms with Gasteiger partial charge in [0.05, 0.1) is 6.04 Å². The first-order valence-corrected chi connectivity index (χ1v) is 9.20. The number of halogens is 2. The van der Waals surface area contributed by atoms with Gasteiger partial charge in [0, 0.05) is 21.5 Å². The summed E-state index contributed by atoms with van der Waals surface area (Å²) >= 11 is 12.4. The van der Waals surface area contributed by atoms with Gasteiger partial charge in [0.1, 0.15) is 0 Å². The van der Waals surface area contributed by atoms with E-state index >= 15 is 0 Å². The van der Waals surface area contributed by atoms with Crippen molar-refractivity contribution in [1.82, 2.24) is 4.90 Å². The number of piperidine rings is 3. The fraction of sp³-hybridized carbons (Fsp3) is 0.350. The first kappa shape index (κ1) is 16.1. The van der Waals surface area contributed by atoms with Gasteiger partial charge in [-0.3, -0.25) is 9.69 Å². The number of carbonyl (C=O) groups excluding carboxylic acids is 1. The van der Waals surface area contributed by atoms with Crippen molar-refractivity contribution < 1.29 is 4.79 Å². The van der Waals surface area contributed by atoms with Crippen LogP contribution in [0.1, 0.15) is 18.4 Å². The lowest BCUT2D eigenvalue weighted by Gasteiger charge is -2.44. The van der Waals surface area contributed by atoms with Crippen LogP contribution in [0.3, 0.4) is 0 Å². The van der Waals surface area contributed by atoms with Crippen molar-refractivity contribution in [1.29, 1.82) is 0 Å². The third-order valence-electron chi connectivity index (χ3n) is 5.35. The van der Waals surface area contributed by atoms with Gasteiger partial charge in [-0.15, -0.1) is 0 Å². The minimum Gasteiger partial charge on any atom is -0.298 e. The quantitative estimate of drug-likeness (QED) is 0.779. The second-order valence-electron chi connectivity index (χ2n) is 6.71. The molecular weight excluding hydrogens is 341 g/mol. The molecule has 1 unspecified atom stereocenters. The van der Waals surface area contributed by atoms with Crippen LogP contribution in [0.15, 0.2) is 42.5 Å². The second-order valence-corrected chi connectivity index (χ2v) is 7.56. The SMILES string of the molecule is O=C1C2CCN(CC2)C1Cc1ccccc1-c1ccc(Cl)cc1Cl. The molecule has 3 fully saturated rings. The molecule has 24 heavy (non-hydrogen) atoms. The highest BCUT2D eigenvalue weighted by molar-refractivity contribution is 6.36. The standard InChI is InChI=1S/C20H19Cl2NO/c21-15-5-6-17(18(22)12-15)16-4-2-1-3-14(16)11-19-20(24)13-7-9-23(19)10-8-13/h1-6,12-13,19H,7-11H2. The van der Waals surface area contributed by atoms with Crippen molar-refractivity contribution in [2.24, 2.45) is 5.92 Å². The molecule has 2 aromatic rings. The molecule has 0 aliphatic carbocycles. The van der Waals surface area contributed by atoms with Gasteiger partial charge in [0.15, 0.2) is 5.78 Å². The molecule has 124 valence electrons. The summed E-state index contributed by atoms with van der Waals surface area (Å²) in [5, 5.41) is 1.28. The van der Waals surface area contributed by atoms with E-state index in [1.807, 2.05) is 24.3 Å². The zero-order valence-electron chi connectivity index (χ0n) is 13.3. The molecule has 3 aliphatic rings. The minimum atomic E-state index is 0.0183. The molecule has 2 bridgehead atoms. The van der Waals surface area contributed by atoms with E-state index in [1.54, 1.807) is 6.07 Å². The summed E-state index contributed by atoms with van der Waals surface area (Å²) in [7, 11) is 0. The van der Waals surface area contributed by atoms with Crippen LogP contribution in [0.4, 0.5) is 0 Å². The Morgan fingerprint density at radius 1 is 1.00 bits per heavy atom. The highest BCUT2D eigenvalue weighted by Crippen LogP contribution is 2.35. The zero-order valence-corrected chi connectivity index (χ0v) is 14.9. The summed E-state index contributed by atoms with van der Waals surface area (Å²) in [5.74, 6) is 0.691. The van der Waals surface area contributed by atoms with E-state index in [9.17, 15) is 4.79 Å². The summed E-state index contributed by atoms with van der Waals surface area (Å²) in [5.41, 5.74) is 3.24. The Bertz CT molecular complexity index is 781. The number of ketones is 1. The lowest BCUT2D eigenvalue weighted by molar-refractivity contribution is -0.136. The lowest BCUT2D eigenvalue weighted by Crippen LogP contribution is -2.56. The average Bonchev–Trinajstić information content (AvgIpc) is 2.59. The Hall–Kier alpha value is -1.35. The lowest BCUT2D eigenvalue weighted by atomic mass is 9.79. The van der Waals surface area contributed by atoms with Gasteiger partial charge in [-0.25, -0.2) is 0 Å². The predicted molar refractivity (Wildman–Crippen MR) is 98.7 cm³/mol. The van der Waals surface area contributed by atoms with E-state index in [1.165, 1.54) is 5.56 Å². The monoisotopic (exact) mass is 359 g/mol. The van der Waals surface area contributed by atoms with E-state index in [-0.39, 0.29) is 12.0 Å². The summed E-state index contributed by atoms with van der Waals surface area (Å²) in [6.45, 7) is 2.09. The number of hydrogen-bond acceptors (Lipinski definition) is 2. The Labute approximate surface area is 152 Å². The zero-order chi connectivity index (χ0) is 16.7. The molecule has 5 rings (SSSR count). The first-order chi connectivity index (χ1) is 11.6. The third-order valence-corrected chi connectivity index (χ3v) is 5.90. The number of Topliss-reactive ketones (excluding diaryl/α,β-unsaturated/α-hetero) is 1. The van der Waals surface area contributed by atoms with Crippen LogP contribution in [-0.2, 0) is 11.2 Å². The van der Waals surface area contributed by atoms with Gasteiger partial charge in [0.25, 0.3) is 0 Å². The summed E-state index contributed by atoms with van der Waals surface area (Å²) in [6, 6.07) is 13.8. The van der Waals surface area contributed by atoms with Crippen LogP contribution in [0.25, 0.3) is 11.1 Å². The van der Waals surface area contributed by atoms with E-state index in [0.29, 0.717) is 15.8 Å². The fourth-order valence-corrected chi connectivity index (χ4v) is 4.56. The van der Waals surface area contributed by atoms with Gasteiger partial charge in [-0.1, -0.05) is 53.5 Å². The molecule has 3 aliphatic heterocycles. The molecule has 2 nitrogen and oxygen atoms in total. The van der Waals surface area contributed by atoms with E-state index < -0.39 is 0 Å². The van der Waals surface area contributed by atoms with Crippen molar-refractivity contribution in [3.63, 3.8) is 0 Å². The van der Waals surface area contributed by atoms with Gasteiger partial charge in [0.2, 0.25) is 0 Å². The molecule has 2 aromatic carbocycles. The van der Waals surface area contributed by atoms with Crippen molar-refractivity contribution >= 4 is 29.0 Å². The van der Waals surface area contributed by atoms with Gasteiger partial charge >= 0.3 is 0 Å². The van der Waals surface area contributed by atoms with Crippen LogP contribution in [0.2, 0.25) is 10.0 Å². The number of fused-ring (bicyclic) bond motifs is 3. The van der Waals surface area contributed by atoms with Gasteiger partial charge in [-0.2, -0.15) is 0 Å². The number of carbonyl (C=O) groups is 1. The van der Waals surface area contributed by atoms with Gasteiger partial charge in [-0.05, 0) is 55.6 Å². The first-order valence-electron chi connectivity index (χ1n) is 8.44. The van der Waals surface area contributed by atoms with Crippen LogP contribution in [-0.4, -0.2) is 29.8 Å². The number of hydrogen-bond donors (Lipinski definition) is 0. The predicted octanol–water partition coefficient (Wildman–Crippen LogP) is 4.87. The smallest absolute Gasteiger partial charge is 0.153 e. The summed E-state index contributed by atoms with van der Waals surface area (Å²) in [4.78, 5) is 15.0. The Balaban J connectivity index is 1.68. The molecule has 3 heterocycles. The van der Waals surface area contributed by atoms with Crippen LogP contribution >= 0.6 is 23.2 Å². The molecule has 3 saturated heterocycles. The topological polar surface area (TPSA) is 20.3 Å². The molecule has 0 N–H and O–H groups in total. The van der Waals surface area contributed by atoms with Crippen molar-refractivity contribution in [2.45, 2.75) is 25.3 Å². The number of benzene rings is 2. The molecule has 4 heteroatoms. The molecular formula is C20H19Cl2NO. The van der Waals surface area contributed by atoms with Crippen LogP contribution in [0.5, 0.6) is 0 Å². The number of nitrogens with zero attached hydrogens (tertiary/aromatic N) is 1. The number of rotatable bonds is 3. The molecule has 0 saturated carbocycles. The Morgan fingerprint density at radius 3 is 2.46 bits per heavy atom. The molecule has 0 amide bonds. The summed E-state index contributed by atoms with van der Waals surface area (Å²) < 4.78 is 0. The maximum absolute atomic E-state index is 12.7. The largest absolute Gasteiger partial charge is 0.298 e. The van der Waals surface area contributed by atoms with E-state index in [2.05, 4.69) is 17.0 Å². The molecule has 0 radical (unpaired) electrons.